The van der Waals surface area contributed by atoms with Crippen molar-refractivity contribution in [1.29, 1.82) is 0 Å². The quantitative estimate of drug-likeness (QED) is 0.740. The van der Waals surface area contributed by atoms with E-state index in [-0.39, 0.29) is 17.6 Å². The molecule has 2 heterocycles. The molecule has 0 unspecified atom stereocenters. The van der Waals surface area contributed by atoms with E-state index in [1.807, 2.05) is 31.2 Å². The highest BCUT2D eigenvalue weighted by atomic mass is 16.2. The summed E-state index contributed by atoms with van der Waals surface area (Å²) in [5, 5.41) is 16.7. The third-order valence-corrected chi connectivity index (χ3v) is 3.07. The van der Waals surface area contributed by atoms with E-state index in [0.29, 0.717) is 0 Å². The Morgan fingerprint density at radius 3 is 2.76 bits per heavy atom. The topological polar surface area (TPSA) is 101 Å². The maximum atomic E-state index is 11.9. The van der Waals surface area contributed by atoms with Crippen molar-refractivity contribution in [3.05, 3.63) is 54.4 Å². The highest BCUT2D eigenvalue weighted by Gasteiger charge is 2.13. The van der Waals surface area contributed by atoms with Crippen LogP contribution < -0.4 is 5.32 Å². The maximum Gasteiger partial charge on any atom is 0.273 e. The van der Waals surface area contributed by atoms with Crippen molar-refractivity contribution >= 4 is 5.91 Å². The van der Waals surface area contributed by atoms with Crippen LogP contribution in [0.5, 0.6) is 0 Å². The fourth-order valence-electron chi connectivity index (χ4n) is 1.92. The summed E-state index contributed by atoms with van der Waals surface area (Å²) in [6, 6.07) is 7.57. The number of rotatable bonds is 4. The first-order valence-electron chi connectivity index (χ1n) is 6.35. The van der Waals surface area contributed by atoms with Crippen molar-refractivity contribution in [2.24, 2.45) is 0 Å². The zero-order valence-electron chi connectivity index (χ0n) is 11.3. The van der Waals surface area contributed by atoms with Gasteiger partial charge in [0.1, 0.15) is 12.7 Å². The molecule has 0 spiro atoms. The van der Waals surface area contributed by atoms with E-state index in [1.165, 1.54) is 12.5 Å². The monoisotopic (exact) mass is 283 g/mol. The van der Waals surface area contributed by atoms with Crippen LogP contribution in [-0.2, 0) is 0 Å². The SMILES string of the molecule is C[C@H](NC(=O)c1cn[nH]n1)c1ccc(-n2cncn2)cc1. The minimum atomic E-state index is -0.267. The van der Waals surface area contributed by atoms with Crippen molar-refractivity contribution in [2.45, 2.75) is 13.0 Å². The van der Waals surface area contributed by atoms with Crippen LogP contribution in [-0.4, -0.2) is 36.1 Å². The van der Waals surface area contributed by atoms with Crippen molar-refractivity contribution in [3.8, 4) is 5.69 Å². The van der Waals surface area contributed by atoms with E-state index < -0.39 is 0 Å². The van der Waals surface area contributed by atoms with Crippen LogP contribution in [0.2, 0.25) is 0 Å². The molecule has 0 aliphatic rings. The first-order valence-corrected chi connectivity index (χ1v) is 6.35. The lowest BCUT2D eigenvalue weighted by Gasteiger charge is -2.13. The number of hydrogen-bond donors (Lipinski definition) is 2. The molecule has 2 N–H and O–H groups in total. The molecule has 0 saturated carbocycles. The molecule has 0 bridgehead atoms. The zero-order valence-corrected chi connectivity index (χ0v) is 11.3. The van der Waals surface area contributed by atoms with Gasteiger partial charge in [0, 0.05) is 0 Å². The predicted molar refractivity (Wildman–Crippen MR) is 73.6 cm³/mol. The molecule has 1 amide bonds. The lowest BCUT2D eigenvalue weighted by Crippen LogP contribution is -2.26. The summed E-state index contributed by atoms with van der Waals surface area (Å²) in [4.78, 5) is 15.8. The van der Waals surface area contributed by atoms with Gasteiger partial charge in [0.05, 0.1) is 17.9 Å². The average molecular weight is 283 g/mol. The molecule has 1 aromatic carbocycles. The van der Waals surface area contributed by atoms with Crippen molar-refractivity contribution in [3.63, 3.8) is 0 Å². The van der Waals surface area contributed by atoms with Gasteiger partial charge in [0.15, 0.2) is 5.69 Å². The third-order valence-electron chi connectivity index (χ3n) is 3.07. The minimum Gasteiger partial charge on any atom is -0.344 e. The molecule has 3 rings (SSSR count). The summed E-state index contributed by atoms with van der Waals surface area (Å²) in [6.07, 6.45) is 4.50. The van der Waals surface area contributed by atoms with Gasteiger partial charge < -0.3 is 5.32 Å². The first kappa shape index (κ1) is 13.0. The number of benzene rings is 1. The summed E-state index contributed by atoms with van der Waals surface area (Å²) in [5.74, 6) is -0.267. The number of H-pyrrole nitrogens is 1. The van der Waals surface area contributed by atoms with Crippen LogP contribution in [0.15, 0.2) is 43.1 Å². The standard InChI is InChI=1S/C13H13N7O/c1-9(17-13(21)12-6-15-19-18-12)10-2-4-11(5-3-10)20-8-14-7-16-20/h2-9H,1H3,(H,17,21)(H,15,18,19)/t9-/m0/s1. The number of amides is 1. The Hall–Kier alpha value is -3.03. The van der Waals surface area contributed by atoms with Crippen LogP contribution in [0.4, 0.5) is 0 Å². The highest BCUT2D eigenvalue weighted by molar-refractivity contribution is 5.92. The second kappa shape index (κ2) is 5.53. The lowest BCUT2D eigenvalue weighted by molar-refractivity contribution is 0.0935. The Morgan fingerprint density at radius 1 is 1.33 bits per heavy atom. The van der Waals surface area contributed by atoms with Crippen LogP contribution in [0.3, 0.4) is 0 Å². The number of carbonyl (C=O) groups excluding carboxylic acids is 1. The number of aromatic amines is 1. The number of nitrogens with one attached hydrogen (secondary N) is 2. The molecule has 8 heteroatoms. The maximum absolute atomic E-state index is 11.9. The summed E-state index contributed by atoms with van der Waals surface area (Å²) in [7, 11) is 0. The highest BCUT2D eigenvalue weighted by Crippen LogP contribution is 2.15. The van der Waals surface area contributed by atoms with Gasteiger partial charge in [0.25, 0.3) is 5.91 Å². The molecule has 0 saturated heterocycles. The summed E-state index contributed by atoms with van der Waals surface area (Å²) in [6.45, 7) is 1.91. The molecule has 0 aliphatic carbocycles. The van der Waals surface area contributed by atoms with E-state index in [2.05, 4.69) is 30.8 Å². The number of aromatic nitrogens is 6. The molecule has 21 heavy (non-hydrogen) atoms. The van der Waals surface area contributed by atoms with Gasteiger partial charge in [-0.3, -0.25) is 4.79 Å². The smallest absolute Gasteiger partial charge is 0.273 e. The Bertz CT molecular complexity index is 704. The summed E-state index contributed by atoms with van der Waals surface area (Å²) in [5.41, 5.74) is 2.16. The fraction of sp³-hybridized carbons (Fsp3) is 0.154. The van der Waals surface area contributed by atoms with E-state index in [9.17, 15) is 4.79 Å². The average Bonchev–Trinajstić information content (AvgIpc) is 3.20. The molecule has 0 radical (unpaired) electrons. The molecular weight excluding hydrogens is 270 g/mol. The number of carbonyl (C=O) groups is 1. The van der Waals surface area contributed by atoms with Crippen molar-refractivity contribution in [2.75, 3.05) is 0 Å². The Labute approximate surface area is 120 Å². The van der Waals surface area contributed by atoms with E-state index >= 15 is 0 Å². The van der Waals surface area contributed by atoms with Gasteiger partial charge in [-0.05, 0) is 24.6 Å². The largest absolute Gasteiger partial charge is 0.344 e. The molecule has 1 atom stereocenters. The second-order valence-electron chi connectivity index (χ2n) is 4.48. The molecule has 2 aromatic heterocycles. The Kier molecular flexibility index (Phi) is 3.42. The Morgan fingerprint density at radius 2 is 2.14 bits per heavy atom. The van der Waals surface area contributed by atoms with Gasteiger partial charge in [-0.15, -0.1) is 0 Å². The van der Waals surface area contributed by atoms with Crippen LogP contribution in [0.25, 0.3) is 5.69 Å². The minimum absolute atomic E-state index is 0.140. The van der Waals surface area contributed by atoms with E-state index in [1.54, 1.807) is 11.0 Å². The van der Waals surface area contributed by atoms with Crippen molar-refractivity contribution in [1.82, 2.24) is 35.5 Å². The van der Waals surface area contributed by atoms with Gasteiger partial charge in [-0.1, -0.05) is 12.1 Å². The van der Waals surface area contributed by atoms with E-state index in [0.717, 1.165) is 11.3 Å². The molecule has 106 valence electrons. The fourth-order valence-corrected chi connectivity index (χ4v) is 1.92. The normalized spacial score (nSPS) is 12.0. The van der Waals surface area contributed by atoms with Crippen LogP contribution in [0.1, 0.15) is 29.0 Å². The van der Waals surface area contributed by atoms with Gasteiger partial charge in [-0.25, -0.2) is 9.67 Å². The molecule has 8 nitrogen and oxygen atoms in total. The molecule has 3 aromatic rings. The number of hydrogen-bond acceptors (Lipinski definition) is 5. The van der Waals surface area contributed by atoms with Gasteiger partial charge in [0.2, 0.25) is 0 Å². The van der Waals surface area contributed by atoms with E-state index in [4.69, 9.17) is 0 Å². The molecular formula is C13H13N7O. The van der Waals surface area contributed by atoms with Crippen LogP contribution >= 0.6 is 0 Å². The summed E-state index contributed by atoms with van der Waals surface area (Å²) >= 11 is 0. The lowest BCUT2D eigenvalue weighted by atomic mass is 10.1. The summed E-state index contributed by atoms with van der Waals surface area (Å²) < 4.78 is 1.67. The van der Waals surface area contributed by atoms with Crippen molar-refractivity contribution < 1.29 is 4.79 Å². The predicted octanol–water partition coefficient (Wildman–Crippen LogP) is 0.876. The van der Waals surface area contributed by atoms with Gasteiger partial charge >= 0.3 is 0 Å². The third kappa shape index (κ3) is 2.78. The van der Waals surface area contributed by atoms with Gasteiger partial charge in [-0.2, -0.15) is 20.5 Å². The molecule has 0 aliphatic heterocycles. The zero-order chi connectivity index (χ0) is 14.7. The second-order valence-corrected chi connectivity index (χ2v) is 4.48. The Balaban J connectivity index is 1.70. The van der Waals surface area contributed by atoms with Crippen LogP contribution in [0, 0.1) is 0 Å². The first-order chi connectivity index (χ1) is 10.2. The molecule has 0 fully saturated rings. The number of nitrogens with zero attached hydrogens (tertiary/aromatic N) is 5.